The summed E-state index contributed by atoms with van der Waals surface area (Å²) in [6, 6.07) is 3.49. The molecule has 8 nitrogen and oxygen atoms in total. The van der Waals surface area contributed by atoms with Gasteiger partial charge in [0.05, 0.1) is 24.4 Å². The van der Waals surface area contributed by atoms with Gasteiger partial charge in [0, 0.05) is 24.2 Å². The van der Waals surface area contributed by atoms with E-state index in [1.165, 1.54) is 18.1 Å². The third-order valence-electron chi connectivity index (χ3n) is 4.89. The summed E-state index contributed by atoms with van der Waals surface area (Å²) in [5.41, 5.74) is 1.89. The molecule has 1 amide bonds. The molecule has 0 saturated carbocycles. The summed E-state index contributed by atoms with van der Waals surface area (Å²) in [4.78, 5) is 52.9. The van der Waals surface area contributed by atoms with Crippen molar-refractivity contribution < 1.29 is 28.3 Å². The van der Waals surface area contributed by atoms with Crippen molar-refractivity contribution in [2.45, 2.75) is 33.7 Å². The van der Waals surface area contributed by atoms with Gasteiger partial charge in [-0.1, -0.05) is 0 Å². The highest BCUT2D eigenvalue weighted by atomic mass is 16.5. The van der Waals surface area contributed by atoms with Crippen LogP contribution in [0.3, 0.4) is 0 Å². The topological polar surface area (TPSA) is 110 Å². The zero-order chi connectivity index (χ0) is 20.4. The van der Waals surface area contributed by atoms with E-state index in [2.05, 4.69) is 4.98 Å². The van der Waals surface area contributed by atoms with Crippen molar-refractivity contribution >= 4 is 23.4 Å². The predicted molar refractivity (Wildman–Crippen MR) is 97.8 cm³/mol. The van der Waals surface area contributed by atoms with Crippen LogP contribution in [0.15, 0.2) is 22.8 Å². The van der Waals surface area contributed by atoms with E-state index in [4.69, 9.17) is 9.15 Å². The number of aryl methyl sites for hydroxylation is 1. The molecule has 0 unspecified atom stereocenters. The standard InChI is InChI=1S/C20H22N2O6/c1-11-18(13(3)23)12(2)21-19(11)16(24)10-28-20(26)14-7-17(25)22(8-14)9-15-5-4-6-27-15/h4-6,14,21H,7-10H2,1-3H3/t14-/m0/s1. The molecule has 0 bridgehead atoms. The van der Waals surface area contributed by atoms with E-state index >= 15 is 0 Å². The highest BCUT2D eigenvalue weighted by Gasteiger charge is 2.36. The largest absolute Gasteiger partial charge is 0.467 e. The van der Waals surface area contributed by atoms with Crippen LogP contribution in [0.4, 0.5) is 0 Å². The monoisotopic (exact) mass is 386 g/mol. The molecular weight excluding hydrogens is 364 g/mol. The third kappa shape index (κ3) is 3.90. The van der Waals surface area contributed by atoms with Crippen LogP contribution in [0.25, 0.3) is 0 Å². The van der Waals surface area contributed by atoms with Crippen molar-refractivity contribution in [2.24, 2.45) is 5.92 Å². The lowest BCUT2D eigenvalue weighted by Gasteiger charge is -2.14. The van der Waals surface area contributed by atoms with Gasteiger partial charge in [-0.3, -0.25) is 19.2 Å². The minimum absolute atomic E-state index is 0.0445. The number of aromatic nitrogens is 1. The van der Waals surface area contributed by atoms with E-state index < -0.39 is 24.3 Å². The van der Waals surface area contributed by atoms with Crippen molar-refractivity contribution in [1.29, 1.82) is 0 Å². The number of Topliss-reactive ketones (excluding diaryl/α,β-unsaturated/α-hetero) is 2. The molecule has 3 rings (SSSR count). The number of ether oxygens (including phenoxy) is 1. The Bertz CT molecular complexity index is 925. The molecule has 1 N–H and O–H groups in total. The Kier molecular flexibility index (Phi) is 5.48. The highest BCUT2D eigenvalue weighted by molar-refractivity contribution is 6.04. The van der Waals surface area contributed by atoms with Crippen molar-refractivity contribution in [3.63, 3.8) is 0 Å². The summed E-state index contributed by atoms with van der Waals surface area (Å²) in [6.07, 6.45) is 1.57. The van der Waals surface area contributed by atoms with Gasteiger partial charge in [-0.15, -0.1) is 0 Å². The smallest absolute Gasteiger partial charge is 0.311 e. The number of rotatable bonds is 7. The molecule has 1 aliphatic heterocycles. The van der Waals surface area contributed by atoms with Crippen LogP contribution in [0.5, 0.6) is 0 Å². The second kappa shape index (κ2) is 7.84. The average Bonchev–Trinajstić information content (AvgIpc) is 3.33. The zero-order valence-electron chi connectivity index (χ0n) is 16.0. The zero-order valence-corrected chi connectivity index (χ0v) is 16.0. The molecule has 1 fully saturated rings. The van der Waals surface area contributed by atoms with Gasteiger partial charge in [0.2, 0.25) is 11.7 Å². The first kappa shape index (κ1) is 19.6. The number of carbonyl (C=O) groups excluding carboxylic acids is 4. The lowest BCUT2D eigenvalue weighted by molar-refractivity contribution is -0.147. The summed E-state index contributed by atoms with van der Waals surface area (Å²) in [5, 5.41) is 0. The average molecular weight is 386 g/mol. The molecule has 2 aromatic heterocycles. The molecule has 0 aromatic carbocycles. The van der Waals surface area contributed by atoms with Crippen molar-refractivity contribution in [3.05, 3.63) is 46.7 Å². The molecule has 1 aliphatic rings. The molecule has 2 aromatic rings. The first-order valence-corrected chi connectivity index (χ1v) is 8.98. The van der Waals surface area contributed by atoms with E-state index in [0.29, 0.717) is 29.1 Å². The lowest BCUT2D eigenvalue weighted by atomic mass is 10.1. The summed E-state index contributed by atoms with van der Waals surface area (Å²) in [5.74, 6) is -1.28. The summed E-state index contributed by atoms with van der Waals surface area (Å²) in [7, 11) is 0. The Morgan fingerprint density at radius 3 is 2.68 bits per heavy atom. The number of amides is 1. The maximum atomic E-state index is 12.4. The van der Waals surface area contributed by atoms with Gasteiger partial charge in [0.15, 0.2) is 12.4 Å². The number of nitrogens with one attached hydrogen (secondary N) is 1. The van der Waals surface area contributed by atoms with Crippen LogP contribution in [0.2, 0.25) is 0 Å². The quantitative estimate of drug-likeness (QED) is 0.577. The number of ketones is 2. The molecule has 3 heterocycles. The molecule has 8 heteroatoms. The Balaban J connectivity index is 1.57. The van der Waals surface area contributed by atoms with Gasteiger partial charge in [-0.25, -0.2) is 0 Å². The normalized spacial score (nSPS) is 16.5. The van der Waals surface area contributed by atoms with Crippen LogP contribution < -0.4 is 0 Å². The molecule has 148 valence electrons. The van der Waals surface area contributed by atoms with E-state index in [-0.39, 0.29) is 30.3 Å². The number of hydrogen-bond acceptors (Lipinski definition) is 6. The second-order valence-electron chi connectivity index (χ2n) is 6.97. The van der Waals surface area contributed by atoms with Crippen LogP contribution in [-0.2, 0) is 20.9 Å². The number of likely N-dealkylation sites (tertiary alicyclic amines) is 1. The van der Waals surface area contributed by atoms with E-state index in [1.54, 1.807) is 26.0 Å². The van der Waals surface area contributed by atoms with E-state index in [9.17, 15) is 19.2 Å². The summed E-state index contributed by atoms with van der Waals surface area (Å²) < 4.78 is 10.4. The first-order valence-electron chi connectivity index (χ1n) is 8.98. The number of H-pyrrole nitrogens is 1. The molecule has 0 aliphatic carbocycles. The molecule has 0 radical (unpaired) electrons. The Morgan fingerprint density at radius 1 is 1.32 bits per heavy atom. The molecule has 1 saturated heterocycles. The fourth-order valence-corrected chi connectivity index (χ4v) is 3.56. The van der Waals surface area contributed by atoms with Gasteiger partial charge in [0.1, 0.15) is 5.76 Å². The van der Waals surface area contributed by atoms with Gasteiger partial charge in [-0.05, 0) is 38.5 Å². The number of carbonyl (C=O) groups is 4. The Hall–Kier alpha value is -3.16. The molecule has 28 heavy (non-hydrogen) atoms. The summed E-state index contributed by atoms with van der Waals surface area (Å²) in [6.45, 7) is 4.90. The predicted octanol–water partition coefficient (Wildman–Crippen LogP) is 2.20. The SMILES string of the molecule is CC(=O)c1c(C)[nH]c(C(=O)COC(=O)[C@H]2CC(=O)N(Cc3ccco3)C2)c1C. The first-order chi connectivity index (χ1) is 13.3. The number of nitrogens with zero attached hydrogens (tertiary/aromatic N) is 1. The van der Waals surface area contributed by atoms with Crippen LogP contribution in [-0.4, -0.2) is 46.5 Å². The highest BCUT2D eigenvalue weighted by Crippen LogP contribution is 2.22. The summed E-state index contributed by atoms with van der Waals surface area (Å²) >= 11 is 0. The van der Waals surface area contributed by atoms with E-state index in [0.717, 1.165) is 0 Å². The lowest BCUT2D eigenvalue weighted by Crippen LogP contribution is -2.27. The fraction of sp³-hybridized carbons (Fsp3) is 0.400. The van der Waals surface area contributed by atoms with Crippen molar-refractivity contribution in [2.75, 3.05) is 13.2 Å². The van der Waals surface area contributed by atoms with Crippen LogP contribution in [0, 0.1) is 19.8 Å². The van der Waals surface area contributed by atoms with Gasteiger partial charge < -0.3 is 19.0 Å². The number of aromatic amines is 1. The van der Waals surface area contributed by atoms with Gasteiger partial charge >= 0.3 is 5.97 Å². The maximum Gasteiger partial charge on any atom is 0.311 e. The number of esters is 1. The number of furan rings is 1. The molecular formula is C20H22N2O6. The Morgan fingerprint density at radius 2 is 2.07 bits per heavy atom. The van der Waals surface area contributed by atoms with Crippen molar-refractivity contribution in [3.8, 4) is 0 Å². The third-order valence-corrected chi connectivity index (χ3v) is 4.89. The molecule has 1 atom stereocenters. The van der Waals surface area contributed by atoms with Crippen molar-refractivity contribution in [1.82, 2.24) is 9.88 Å². The second-order valence-corrected chi connectivity index (χ2v) is 6.97. The van der Waals surface area contributed by atoms with Gasteiger partial charge in [-0.2, -0.15) is 0 Å². The van der Waals surface area contributed by atoms with E-state index in [1.807, 2.05) is 0 Å². The minimum atomic E-state index is -0.616. The maximum absolute atomic E-state index is 12.4. The number of hydrogen-bond donors (Lipinski definition) is 1. The minimum Gasteiger partial charge on any atom is -0.467 e. The van der Waals surface area contributed by atoms with Gasteiger partial charge in [0.25, 0.3) is 0 Å². The Labute approximate surface area is 161 Å². The van der Waals surface area contributed by atoms with Crippen LogP contribution in [0.1, 0.15) is 51.2 Å². The fourth-order valence-electron chi connectivity index (χ4n) is 3.56. The molecule has 0 spiro atoms. The van der Waals surface area contributed by atoms with Crippen LogP contribution >= 0.6 is 0 Å².